The predicted molar refractivity (Wildman–Crippen MR) is 110 cm³/mol. The van der Waals surface area contributed by atoms with Crippen molar-refractivity contribution in [3.8, 4) is 11.1 Å². The fraction of sp³-hybridized carbons (Fsp3) is 0.136. The van der Waals surface area contributed by atoms with Crippen molar-refractivity contribution >= 4 is 17.2 Å². The largest absolute Gasteiger partial charge is 0.478 e. The van der Waals surface area contributed by atoms with Gasteiger partial charge in [0.05, 0.1) is 11.1 Å². The van der Waals surface area contributed by atoms with Gasteiger partial charge in [-0.1, -0.05) is 36.4 Å². The number of hydrogen-bond acceptors (Lipinski definition) is 2. The number of hydrogen-bond donors (Lipinski definition) is 2. The van der Waals surface area contributed by atoms with Crippen LogP contribution in [-0.4, -0.2) is 24.1 Å². The van der Waals surface area contributed by atoms with E-state index in [1.54, 1.807) is 24.3 Å². The lowest BCUT2D eigenvalue weighted by Crippen LogP contribution is -2.24. The van der Waals surface area contributed by atoms with E-state index in [1.165, 1.54) is 28.6 Å². The Balaban J connectivity index is 1.81. The summed E-state index contributed by atoms with van der Waals surface area (Å²) < 4.78 is 74.9. The summed E-state index contributed by atoms with van der Waals surface area (Å²) >= 11 is -2.35. The van der Waals surface area contributed by atoms with E-state index >= 15 is 0 Å². The van der Waals surface area contributed by atoms with E-state index in [2.05, 4.69) is 0 Å². The molecule has 168 valence electrons. The van der Waals surface area contributed by atoms with Crippen LogP contribution in [0.15, 0.2) is 66.7 Å². The lowest BCUT2D eigenvalue weighted by atomic mass is 10.0. The van der Waals surface area contributed by atoms with E-state index in [1.807, 2.05) is 0 Å². The second-order valence-corrected chi connectivity index (χ2v) is 7.90. The summed E-state index contributed by atoms with van der Waals surface area (Å²) in [6, 6.07) is 14.9. The molecule has 0 aromatic heterocycles. The summed E-state index contributed by atoms with van der Waals surface area (Å²) in [5.41, 5.74) is 0.601. The molecule has 0 aliphatic rings. The van der Waals surface area contributed by atoms with E-state index < -0.39 is 34.8 Å². The first kappa shape index (κ1) is 23.6. The van der Waals surface area contributed by atoms with Crippen molar-refractivity contribution in [1.29, 1.82) is 0 Å². The summed E-state index contributed by atoms with van der Waals surface area (Å²) in [6.07, 6.45) is -4.79. The van der Waals surface area contributed by atoms with Gasteiger partial charge in [0, 0.05) is 13.1 Å². The van der Waals surface area contributed by atoms with Gasteiger partial charge in [-0.25, -0.2) is 13.4 Å². The van der Waals surface area contributed by atoms with Crippen LogP contribution in [0.2, 0.25) is 0 Å². The second kappa shape index (κ2) is 9.60. The van der Waals surface area contributed by atoms with Crippen LogP contribution in [-0.2, 0) is 30.5 Å². The van der Waals surface area contributed by atoms with Crippen molar-refractivity contribution in [2.24, 2.45) is 0 Å². The SMILES string of the molecule is O=C(O)c1ccc(CN(Cc2cccc(-c3ccc(C(F)(F)F)c(F)c3)c2)S(=O)O)cc1. The van der Waals surface area contributed by atoms with Crippen LogP contribution < -0.4 is 0 Å². The normalized spacial score (nSPS) is 12.7. The van der Waals surface area contributed by atoms with Crippen LogP contribution in [0.25, 0.3) is 11.1 Å². The Hall–Kier alpha value is -3.08. The van der Waals surface area contributed by atoms with Crippen LogP contribution in [0.4, 0.5) is 17.6 Å². The Morgan fingerprint density at radius 3 is 2.09 bits per heavy atom. The van der Waals surface area contributed by atoms with E-state index in [9.17, 15) is 31.1 Å². The van der Waals surface area contributed by atoms with Crippen LogP contribution in [0.3, 0.4) is 0 Å². The number of benzene rings is 3. The third kappa shape index (κ3) is 5.78. The number of carbonyl (C=O) groups is 1. The molecule has 0 aliphatic carbocycles. The zero-order valence-electron chi connectivity index (χ0n) is 16.3. The second-order valence-electron chi connectivity index (χ2n) is 6.92. The van der Waals surface area contributed by atoms with Crippen molar-refractivity contribution in [3.63, 3.8) is 0 Å². The van der Waals surface area contributed by atoms with E-state index in [4.69, 9.17) is 5.11 Å². The first-order chi connectivity index (χ1) is 15.0. The van der Waals surface area contributed by atoms with Crippen LogP contribution in [0.1, 0.15) is 27.0 Å². The maximum Gasteiger partial charge on any atom is 0.419 e. The Labute approximate surface area is 183 Å². The first-order valence-electron chi connectivity index (χ1n) is 9.19. The molecule has 32 heavy (non-hydrogen) atoms. The van der Waals surface area contributed by atoms with Crippen LogP contribution in [0.5, 0.6) is 0 Å². The first-order valence-corrected chi connectivity index (χ1v) is 10.2. The molecular weight excluding hydrogens is 450 g/mol. The number of rotatable bonds is 7. The summed E-state index contributed by atoms with van der Waals surface area (Å²) in [7, 11) is 0. The van der Waals surface area contributed by atoms with Gasteiger partial charge in [0.1, 0.15) is 5.82 Å². The minimum Gasteiger partial charge on any atom is -0.478 e. The summed E-state index contributed by atoms with van der Waals surface area (Å²) in [5.74, 6) is -2.47. The lowest BCUT2D eigenvalue weighted by Gasteiger charge is -2.18. The summed E-state index contributed by atoms with van der Waals surface area (Å²) in [5, 5.41) is 8.95. The molecule has 0 saturated carbocycles. The smallest absolute Gasteiger partial charge is 0.419 e. The van der Waals surface area contributed by atoms with Gasteiger partial charge in [-0.2, -0.15) is 17.5 Å². The van der Waals surface area contributed by atoms with Gasteiger partial charge in [-0.15, -0.1) is 0 Å². The van der Waals surface area contributed by atoms with Gasteiger partial charge >= 0.3 is 12.1 Å². The molecule has 0 amide bonds. The number of carboxylic acid groups (broad SMARTS) is 1. The van der Waals surface area contributed by atoms with Gasteiger partial charge in [-0.3, -0.25) is 4.55 Å². The van der Waals surface area contributed by atoms with Crippen molar-refractivity contribution in [3.05, 3.63) is 94.8 Å². The zero-order chi connectivity index (χ0) is 23.5. The molecular formula is C22H17F4NO4S. The van der Waals surface area contributed by atoms with Crippen molar-refractivity contribution in [1.82, 2.24) is 4.31 Å². The van der Waals surface area contributed by atoms with Gasteiger partial charge in [0.15, 0.2) is 0 Å². The van der Waals surface area contributed by atoms with Crippen molar-refractivity contribution < 1.29 is 36.2 Å². The van der Waals surface area contributed by atoms with Crippen LogP contribution in [0, 0.1) is 5.82 Å². The number of aromatic carboxylic acids is 1. The van der Waals surface area contributed by atoms with Gasteiger partial charge in [0.2, 0.25) is 11.3 Å². The Bertz CT molecular complexity index is 1150. The highest BCUT2D eigenvalue weighted by molar-refractivity contribution is 7.76. The highest BCUT2D eigenvalue weighted by Gasteiger charge is 2.33. The molecule has 0 saturated heterocycles. The van der Waals surface area contributed by atoms with Crippen molar-refractivity contribution in [2.45, 2.75) is 19.3 Å². The van der Waals surface area contributed by atoms with Crippen LogP contribution >= 0.6 is 0 Å². The quantitative estimate of drug-likeness (QED) is 0.363. The molecule has 0 radical (unpaired) electrons. The minimum atomic E-state index is -4.79. The molecule has 1 unspecified atom stereocenters. The topological polar surface area (TPSA) is 77.8 Å². The third-order valence-corrected chi connectivity index (χ3v) is 5.37. The summed E-state index contributed by atoms with van der Waals surface area (Å²) in [4.78, 5) is 10.9. The highest BCUT2D eigenvalue weighted by atomic mass is 32.2. The molecule has 3 aromatic rings. The van der Waals surface area contributed by atoms with Gasteiger partial charge in [-0.05, 0) is 52.6 Å². The third-order valence-electron chi connectivity index (χ3n) is 4.67. The van der Waals surface area contributed by atoms with E-state index in [0.717, 1.165) is 12.1 Å². The Morgan fingerprint density at radius 1 is 0.906 bits per heavy atom. The van der Waals surface area contributed by atoms with E-state index in [0.29, 0.717) is 22.8 Å². The molecule has 0 spiro atoms. The minimum absolute atomic E-state index is 0.0146. The summed E-state index contributed by atoms with van der Waals surface area (Å²) in [6.45, 7) is 0.0584. The molecule has 2 N–H and O–H groups in total. The van der Waals surface area contributed by atoms with Gasteiger partial charge < -0.3 is 5.11 Å². The zero-order valence-corrected chi connectivity index (χ0v) is 17.2. The van der Waals surface area contributed by atoms with E-state index in [-0.39, 0.29) is 24.2 Å². The molecule has 0 aliphatic heterocycles. The fourth-order valence-corrected chi connectivity index (χ4v) is 3.62. The molecule has 0 fully saturated rings. The standard InChI is InChI=1S/C22H17F4NO4S/c23-20-11-18(8-9-19(20)22(24,25)26)17-3-1-2-15(10-17)13-27(32(30)31)12-14-4-6-16(7-5-14)21(28)29/h1-11H,12-13H2,(H,28,29)(H,30,31). The molecule has 0 heterocycles. The maximum absolute atomic E-state index is 13.9. The maximum atomic E-state index is 13.9. The Morgan fingerprint density at radius 2 is 1.53 bits per heavy atom. The highest BCUT2D eigenvalue weighted by Crippen LogP contribution is 2.33. The molecule has 3 aromatic carbocycles. The monoisotopic (exact) mass is 467 g/mol. The van der Waals surface area contributed by atoms with Gasteiger partial charge in [0.25, 0.3) is 0 Å². The fourth-order valence-electron chi connectivity index (χ4n) is 3.10. The molecule has 1 atom stereocenters. The average molecular weight is 467 g/mol. The predicted octanol–water partition coefficient (Wildman–Crippen LogP) is 5.35. The molecule has 5 nitrogen and oxygen atoms in total. The van der Waals surface area contributed by atoms with Crippen molar-refractivity contribution in [2.75, 3.05) is 0 Å². The molecule has 0 bridgehead atoms. The molecule has 3 rings (SSSR count). The number of nitrogens with zero attached hydrogens (tertiary/aromatic N) is 1. The number of halogens is 4. The lowest BCUT2D eigenvalue weighted by molar-refractivity contribution is -0.139. The molecule has 10 heteroatoms. The number of alkyl halides is 3. The Kier molecular flexibility index (Phi) is 7.07. The number of carboxylic acids is 1. The average Bonchev–Trinajstić information content (AvgIpc) is 2.73.